The predicted octanol–water partition coefficient (Wildman–Crippen LogP) is 4.24. The number of carbonyl (C=O) groups is 1. The van der Waals surface area contributed by atoms with E-state index in [2.05, 4.69) is 28.5 Å². The van der Waals surface area contributed by atoms with Crippen molar-refractivity contribution in [3.05, 3.63) is 59.9 Å². The quantitative estimate of drug-likeness (QED) is 0.834. The van der Waals surface area contributed by atoms with E-state index >= 15 is 0 Å². The first-order chi connectivity index (χ1) is 11.7. The highest BCUT2D eigenvalue weighted by atomic mass is 16.4. The van der Waals surface area contributed by atoms with Crippen LogP contribution >= 0.6 is 0 Å². The average molecular weight is 324 g/mol. The summed E-state index contributed by atoms with van der Waals surface area (Å²) in [6.45, 7) is 0. The largest absolute Gasteiger partial charge is 0.481 e. The molecule has 1 aromatic heterocycles. The third-order valence-corrected chi connectivity index (χ3v) is 4.76. The highest BCUT2D eigenvalue weighted by Gasteiger charge is 2.23. The number of carboxylic acids is 1. The molecular formula is C20H24N2O2. The molecule has 2 unspecified atom stereocenters. The number of aliphatic carboxylic acids is 1. The van der Waals surface area contributed by atoms with Crippen molar-refractivity contribution in [2.24, 2.45) is 0 Å². The molecular weight excluding hydrogens is 300 g/mol. The molecule has 2 aromatic rings. The number of aryl methyl sites for hydroxylation is 1. The maximum Gasteiger partial charge on any atom is 0.303 e. The molecule has 1 aliphatic carbocycles. The van der Waals surface area contributed by atoms with E-state index in [-0.39, 0.29) is 6.42 Å². The third-order valence-electron chi connectivity index (χ3n) is 4.76. The predicted molar refractivity (Wildman–Crippen MR) is 95.3 cm³/mol. The van der Waals surface area contributed by atoms with Crippen molar-refractivity contribution in [1.29, 1.82) is 0 Å². The summed E-state index contributed by atoms with van der Waals surface area (Å²) in [6, 6.07) is 12.8. The van der Waals surface area contributed by atoms with Crippen LogP contribution in [0.2, 0.25) is 0 Å². The zero-order valence-corrected chi connectivity index (χ0v) is 13.8. The average Bonchev–Trinajstić information content (AvgIpc) is 2.61. The molecule has 1 heterocycles. The normalized spacial score (nSPS) is 20.5. The Bertz CT molecular complexity index is 672. The van der Waals surface area contributed by atoms with Crippen LogP contribution in [0.1, 0.15) is 49.1 Å². The topological polar surface area (TPSA) is 62.2 Å². The number of pyridine rings is 1. The van der Waals surface area contributed by atoms with Gasteiger partial charge in [0.15, 0.2) is 0 Å². The molecule has 0 amide bonds. The number of benzene rings is 1. The molecule has 24 heavy (non-hydrogen) atoms. The Labute approximate surface area is 142 Å². The molecule has 4 heteroatoms. The van der Waals surface area contributed by atoms with Crippen LogP contribution in [-0.2, 0) is 11.2 Å². The zero-order chi connectivity index (χ0) is 16.8. The molecule has 0 saturated heterocycles. The number of nitrogens with zero attached hydrogens (tertiary/aromatic N) is 1. The number of hydrogen-bond donors (Lipinski definition) is 2. The summed E-state index contributed by atoms with van der Waals surface area (Å²) >= 11 is 0. The molecule has 2 N–H and O–H groups in total. The molecule has 1 aliphatic rings. The van der Waals surface area contributed by atoms with Crippen molar-refractivity contribution in [2.45, 2.75) is 50.5 Å². The molecule has 2 atom stereocenters. The Morgan fingerprint density at radius 2 is 2.17 bits per heavy atom. The number of hydrogen-bond acceptors (Lipinski definition) is 3. The summed E-state index contributed by atoms with van der Waals surface area (Å²) < 4.78 is 0. The van der Waals surface area contributed by atoms with Crippen molar-refractivity contribution < 1.29 is 9.90 Å². The van der Waals surface area contributed by atoms with Gasteiger partial charge in [0.05, 0.1) is 0 Å². The van der Waals surface area contributed by atoms with Gasteiger partial charge in [-0.15, -0.1) is 0 Å². The lowest BCUT2D eigenvalue weighted by molar-refractivity contribution is -0.136. The van der Waals surface area contributed by atoms with Crippen molar-refractivity contribution in [2.75, 3.05) is 5.32 Å². The highest BCUT2D eigenvalue weighted by molar-refractivity contribution is 5.67. The fraction of sp³-hybridized carbons (Fsp3) is 0.400. The Morgan fingerprint density at radius 1 is 1.25 bits per heavy atom. The van der Waals surface area contributed by atoms with E-state index < -0.39 is 5.97 Å². The molecule has 0 bridgehead atoms. The van der Waals surface area contributed by atoms with Crippen LogP contribution in [0.5, 0.6) is 0 Å². The van der Waals surface area contributed by atoms with Gasteiger partial charge in [0, 0.05) is 30.5 Å². The van der Waals surface area contributed by atoms with Crippen molar-refractivity contribution in [1.82, 2.24) is 4.98 Å². The van der Waals surface area contributed by atoms with Crippen LogP contribution < -0.4 is 5.32 Å². The van der Waals surface area contributed by atoms with Crippen LogP contribution in [0.3, 0.4) is 0 Å². The number of carboxylic acid groups (broad SMARTS) is 1. The second-order valence-electron chi connectivity index (χ2n) is 6.59. The summed E-state index contributed by atoms with van der Waals surface area (Å²) in [5.74, 6) is -0.180. The summed E-state index contributed by atoms with van der Waals surface area (Å²) in [6.07, 6.45) is 9.30. The van der Waals surface area contributed by atoms with Gasteiger partial charge in [0.2, 0.25) is 0 Å². The summed E-state index contributed by atoms with van der Waals surface area (Å²) in [7, 11) is 0. The number of nitrogens with one attached hydrogen (secondary N) is 1. The Kier molecular flexibility index (Phi) is 5.47. The first kappa shape index (κ1) is 16.5. The molecule has 3 rings (SSSR count). The van der Waals surface area contributed by atoms with Crippen molar-refractivity contribution in [3.8, 4) is 0 Å². The smallest absolute Gasteiger partial charge is 0.303 e. The fourth-order valence-electron chi connectivity index (χ4n) is 3.54. The van der Waals surface area contributed by atoms with Gasteiger partial charge in [-0.2, -0.15) is 0 Å². The number of anilines is 1. The molecule has 0 radical (unpaired) electrons. The van der Waals surface area contributed by atoms with E-state index in [4.69, 9.17) is 5.11 Å². The lowest BCUT2D eigenvalue weighted by atomic mass is 9.82. The lowest BCUT2D eigenvalue weighted by Crippen LogP contribution is -2.26. The van der Waals surface area contributed by atoms with Gasteiger partial charge < -0.3 is 10.4 Å². The molecule has 0 aliphatic heterocycles. The van der Waals surface area contributed by atoms with Crippen LogP contribution in [-0.4, -0.2) is 22.1 Å². The monoisotopic (exact) mass is 324 g/mol. The van der Waals surface area contributed by atoms with Gasteiger partial charge >= 0.3 is 5.97 Å². The van der Waals surface area contributed by atoms with E-state index in [1.54, 1.807) is 0 Å². The molecule has 1 fully saturated rings. The van der Waals surface area contributed by atoms with Crippen LogP contribution in [0, 0.1) is 0 Å². The minimum atomic E-state index is -0.750. The third kappa shape index (κ3) is 4.57. The number of rotatable bonds is 6. The Morgan fingerprint density at radius 3 is 2.96 bits per heavy atom. The second-order valence-corrected chi connectivity index (χ2v) is 6.59. The van der Waals surface area contributed by atoms with Crippen LogP contribution in [0.15, 0.2) is 48.8 Å². The summed E-state index contributed by atoms with van der Waals surface area (Å²) in [5, 5.41) is 12.5. The van der Waals surface area contributed by atoms with Gasteiger partial charge in [0.1, 0.15) is 0 Å². The first-order valence-electron chi connectivity index (χ1n) is 8.68. The molecule has 4 nitrogen and oxygen atoms in total. The van der Waals surface area contributed by atoms with Crippen LogP contribution in [0.4, 0.5) is 5.69 Å². The van der Waals surface area contributed by atoms with Gasteiger partial charge in [0.25, 0.3) is 0 Å². The van der Waals surface area contributed by atoms with E-state index in [0.717, 1.165) is 17.7 Å². The minimum Gasteiger partial charge on any atom is -0.481 e. The summed E-state index contributed by atoms with van der Waals surface area (Å²) in [4.78, 5) is 15.0. The maximum absolute atomic E-state index is 10.7. The highest BCUT2D eigenvalue weighted by Crippen LogP contribution is 2.33. The Hall–Kier alpha value is -2.36. The standard InChI is InChI=1S/C20H24N2O2/c23-20(24)10-9-15-4-1-7-18(12-15)22-19-8-2-5-16(13-19)17-6-3-11-21-14-17/h1,3-4,6-7,11-12,14,16,19,22H,2,5,8-10,13H2,(H,23,24). The summed E-state index contributed by atoms with van der Waals surface area (Å²) in [5.41, 5.74) is 3.50. The van der Waals surface area contributed by atoms with Crippen LogP contribution in [0.25, 0.3) is 0 Å². The fourth-order valence-corrected chi connectivity index (χ4v) is 3.54. The maximum atomic E-state index is 10.7. The Balaban J connectivity index is 1.61. The first-order valence-corrected chi connectivity index (χ1v) is 8.68. The molecule has 126 valence electrons. The number of aromatic nitrogens is 1. The SMILES string of the molecule is O=C(O)CCc1cccc(NC2CCCC(c3cccnc3)C2)c1. The van der Waals surface area contributed by atoms with E-state index in [9.17, 15) is 4.79 Å². The van der Waals surface area contributed by atoms with E-state index in [1.165, 1.54) is 24.8 Å². The molecule has 0 spiro atoms. The van der Waals surface area contributed by atoms with Gasteiger partial charge in [-0.05, 0) is 60.9 Å². The van der Waals surface area contributed by atoms with Gasteiger partial charge in [-0.25, -0.2) is 0 Å². The molecule has 1 aromatic carbocycles. The van der Waals surface area contributed by atoms with Gasteiger partial charge in [-0.1, -0.05) is 24.6 Å². The lowest BCUT2D eigenvalue weighted by Gasteiger charge is -2.30. The zero-order valence-electron chi connectivity index (χ0n) is 13.8. The minimum absolute atomic E-state index is 0.177. The van der Waals surface area contributed by atoms with Crippen molar-refractivity contribution >= 4 is 11.7 Å². The molecule has 1 saturated carbocycles. The second kappa shape index (κ2) is 7.95. The van der Waals surface area contributed by atoms with Crippen molar-refractivity contribution in [3.63, 3.8) is 0 Å². The van der Waals surface area contributed by atoms with E-state index in [1.807, 2.05) is 30.6 Å². The van der Waals surface area contributed by atoms with E-state index in [0.29, 0.717) is 18.4 Å². The van der Waals surface area contributed by atoms with Gasteiger partial charge in [-0.3, -0.25) is 9.78 Å².